The highest BCUT2D eigenvalue weighted by Gasteiger charge is 2.18. The molecule has 0 radical (unpaired) electrons. The number of aliphatic hydroxyl groups excluding tert-OH is 1. The first-order valence-corrected chi connectivity index (χ1v) is 6.38. The summed E-state index contributed by atoms with van der Waals surface area (Å²) in [5.74, 6) is -1.30. The molecule has 17 heavy (non-hydrogen) atoms. The summed E-state index contributed by atoms with van der Waals surface area (Å²) in [7, 11) is 0. The Hall–Kier alpha value is -0.660. The Kier molecular flexibility index (Phi) is 5.35. The minimum absolute atomic E-state index is 0.163. The first-order chi connectivity index (χ1) is 7.97. The maximum Gasteiger partial charge on any atom is 0.337 e. The number of ketones is 1. The van der Waals surface area contributed by atoms with Crippen LogP contribution in [0.2, 0.25) is 0 Å². The van der Waals surface area contributed by atoms with Crippen LogP contribution in [0.15, 0.2) is 18.2 Å². The van der Waals surface area contributed by atoms with E-state index in [1.807, 2.05) is 22.6 Å². The average molecular weight is 369 g/mol. The van der Waals surface area contributed by atoms with Gasteiger partial charge in [-0.2, -0.15) is 0 Å². The molecule has 0 aliphatic heterocycles. The van der Waals surface area contributed by atoms with E-state index in [9.17, 15) is 14.7 Å². The number of halogens is 2. The Morgan fingerprint density at radius 2 is 2.06 bits per heavy atom. The van der Waals surface area contributed by atoms with Crippen molar-refractivity contribution in [1.29, 1.82) is 0 Å². The van der Waals surface area contributed by atoms with Crippen LogP contribution in [0.5, 0.6) is 0 Å². The molecule has 0 bridgehead atoms. The van der Waals surface area contributed by atoms with Gasteiger partial charge in [0.1, 0.15) is 0 Å². The molecule has 0 saturated heterocycles. The molecule has 1 atom stereocenters. The highest BCUT2D eigenvalue weighted by molar-refractivity contribution is 14.1. The Bertz CT molecular complexity index is 447. The molecular weight excluding hydrogens is 358 g/mol. The van der Waals surface area contributed by atoms with Gasteiger partial charge in [0, 0.05) is 21.4 Å². The molecule has 0 aromatic heterocycles. The summed E-state index contributed by atoms with van der Waals surface area (Å²) < 4.78 is 0.707. The smallest absolute Gasteiger partial charge is 0.337 e. The number of benzene rings is 1. The summed E-state index contributed by atoms with van der Waals surface area (Å²) in [6.07, 6.45) is -1.43. The number of hydrogen-bond donors (Lipinski definition) is 2. The summed E-state index contributed by atoms with van der Waals surface area (Å²) in [4.78, 5) is 22.3. The van der Waals surface area contributed by atoms with E-state index < -0.39 is 12.1 Å². The van der Waals surface area contributed by atoms with Crippen LogP contribution in [-0.4, -0.2) is 27.8 Å². The van der Waals surface area contributed by atoms with Crippen LogP contribution in [0.3, 0.4) is 0 Å². The maximum absolute atomic E-state index is 11.7. The molecular formula is C11H10ClIO4. The number of alkyl halides is 1. The summed E-state index contributed by atoms with van der Waals surface area (Å²) in [6, 6.07) is 4.48. The number of rotatable bonds is 5. The minimum atomic E-state index is -1.62. The van der Waals surface area contributed by atoms with E-state index >= 15 is 0 Å². The number of carbonyl (C=O) groups excluding carboxylic acids is 1. The summed E-state index contributed by atoms with van der Waals surface area (Å²) in [6.45, 7) is 0. The van der Waals surface area contributed by atoms with Gasteiger partial charge in [-0.05, 0) is 40.3 Å². The molecule has 0 aliphatic rings. The van der Waals surface area contributed by atoms with Crippen LogP contribution in [0.4, 0.5) is 0 Å². The van der Waals surface area contributed by atoms with Crippen molar-refractivity contribution in [3.05, 3.63) is 32.9 Å². The molecule has 1 unspecified atom stereocenters. The molecule has 0 spiro atoms. The van der Waals surface area contributed by atoms with Gasteiger partial charge in [0.2, 0.25) is 0 Å². The van der Waals surface area contributed by atoms with Crippen LogP contribution in [0.25, 0.3) is 0 Å². The van der Waals surface area contributed by atoms with Gasteiger partial charge in [-0.3, -0.25) is 4.79 Å². The monoisotopic (exact) mass is 368 g/mol. The molecule has 0 aliphatic carbocycles. The van der Waals surface area contributed by atoms with Gasteiger partial charge in [0.05, 0.1) is 0 Å². The van der Waals surface area contributed by atoms with Crippen molar-refractivity contribution in [2.75, 3.05) is 5.88 Å². The highest BCUT2D eigenvalue weighted by atomic mass is 127. The van der Waals surface area contributed by atoms with E-state index in [4.69, 9.17) is 16.7 Å². The van der Waals surface area contributed by atoms with Crippen molar-refractivity contribution >= 4 is 45.9 Å². The van der Waals surface area contributed by atoms with Crippen LogP contribution < -0.4 is 0 Å². The van der Waals surface area contributed by atoms with Gasteiger partial charge < -0.3 is 10.2 Å². The SMILES string of the molecule is O=C(CCCl)c1cc(C(O)C(=O)O)ccc1I. The fourth-order valence-electron chi connectivity index (χ4n) is 1.29. The molecule has 1 aromatic carbocycles. The number of carboxylic acids is 1. The Balaban J connectivity index is 3.10. The van der Waals surface area contributed by atoms with Gasteiger partial charge in [0.25, 0.3) is 0 Å². The maximum atomic E-state index is 11.7. The first kappa shape index (κ1) is 14.4. The fraction of sp³-hybridized carbons (Fsp3) is 0.273. The number of carbonyl (C=O) groups is 2. The molecule has 0 heterocycles. The van der Waals surface area contributed by atoms with Crippen LogP contribution >= 0.6 is 34.2 Å². The van der Waals surface area contributed by atoms with E-state index in [0.29, 0.717) is 9.13 Å². The van der Waals surface area contributed by atoms with Gasteiger partial charge in [-0.1, -0.05) is 6.07 Å². The van der Waals surface area contributed by atoms with Crippen molar-refractivity contribution in [3.8, 4) is 0 Å². The second-order valence-corrected chi connectivity index (χ2v) is 4.88. The number of aliphatic carboxylic acids is 1. The van der Waals surface area contributed by atoms with Gasteiger partial charge in [-0.15, -0.1) is 11.6 Å². The largest absolute Gasteiger partial charge is 0.479 e. The number of hydrogen-bond acceptors (Lipinski definition) is 3. The lowest BCUT2D eigenvalue weighted by Gasteiger charge is -2.09. The van der Waals surface area contributed by atoms with Crippen molar-refractivity contribution in [3.63, 3.8) is 0 Å². The van der Waals surface area contributed by atoms with Crippen LogP contribution in [-0.2, 0) is 4.79 Å². The topological polar surface area (TPSA) is 74.6 Å². The second kappa shape index (κ2) is 6.32. The van der Waals surface area contributed by atoms with E-state index in [1.165, 1.54) is 12.1 Å². The predicted molar refractivity (Wildman–Crippen MR) is 71.4 cm³/mol. The first-order valence-electron chi connectivity index (χ1n) is 4.77. The quantitative estimate of drug-likeness (QED) is 0.475. The predicted octanol–water partition coefficient (Wildman–Crippen LogP) is 2.22. The third kappa shape index (κ3) is 3.65. The molecule has 6 heteroatoms. The summed E-state index contributed by atoms with van der Waals surface area (Å²) in [5, 5.41) is 18.1. The third-order valence-electron chi connectivity index (χ3n) is 2.16. The highest BCUT2D eigenvalue weighted by Crippen LogP contribution is 2.21. The normalized spacial score (nSPS) is 12.2. The van der Waals surface area contributed by atoms with E-state index in [0.717, 1.165) is 0 Å². The Labute approximate surface area is 117 Å². The molecule has 0 fully saturated rings. The van der Waals surface area contributed by atoms with Crippen molar-refractivity contribution in [1.82, 2.24) is 0 Å². The van der Waals surface area contributed by atoms with Gasteiger partial charge >= 0.3 is 5.97 Å². The molecule has 4 nitrogen and oxygen atoms in total. The van der Waals surface area contributed by atoms with Gasteiger partial charge in [-0.25, -0.2) is 4.79 Å². The second-order valence-electron chi connectivity index (χ2n) is 3.34. The third-order valence-corrected chi connectivity index (χ3v) is 3.29. The Morgan fingerprint density at radius 3 is 2.59 bits per heavy atom. The number of carboxylic acid groups (broad SMARTS) is 1. The summed E-state index contributed by atoms with van der Waals surface area (Å²) >= 11 is 7.46. The average Bonchev–Trinajstić information content (AvgIpc) is 2.28. The van der Waals surface area contributed by atoms with Crippen molar-refractivity contribution in [2.45, 2.75) is 12.5 Å². The molecule has 1 rings (SSSR count). The Morgan fingerprint density at radius 1 is 1.41 bits per heavy atom. The number of Topliss-reactive ketones (excluding diaryl/α,β-unsaturated/α-hetero) is 1. The zero-order chi connectivity index (χ0) is 13.0. The zero-order valence-corrected chi connectivity index (χ0v) is 11.6. The fourth-order valence-corrected chi connectivity index (χ4v) is 2.10. The van der Waals surface area contributed by atoms with E-state index in [-0.39, 0.29) is 23.6 Å². The zero-order valence-electron chi connectivity index (χ0n) is 8.69. The molecule has 1 aromatic rings. The lowest BCUT2D eigenvalue weighted by atomic mass is 10.0. The van der Waals surface area contributed by atoms with Crippen LogP contribution in [0.1, 0.15) is 28.4 Å². The van der Waals surface area contributed by atoms with Crippen molar-refractivity contribution in [2.24, 2.45) is 0 Å². The van der Waals surface area contributed by atoms with E-state index in [2.05, 4.69) is 0 Å². The lowest BCUT2D eigenvalue weighted by Crippen LogP contribution is -2.12. The van der Waals surface area contributed by atoms with E-state index in [1.54, 1.807) is 6.07 Å². The molecule has 0 amide bonds. The summed E-state index contributed by atoms with van der Waals surface area (Å²) in [5.41, 5.74) is 0.583. The minimum Gasteiger partial charge on any atom is -0.479 e. The molecule has 2 N–H and O–H groups in total. The molecule has 0 saturated carbocycles. The van der Waals surface area contributed by atoms with Crippen LogP contribution in [0, 0.1) is 3.57 Å². The van der Waals surface area contributed by atoms with Crippen molar-refractivity contribution < 1.29 is 19.8 Å². The standard InChI is InChI=1S/C11H10ClIO4/c12-4-3-9(14)7-5-6(1-2-8(7)13)10(15)11(16)17/h1-2,5,10,15H,3-4H2,(H,16,17). The van der Waals surface area contributed by atoms with Gasteiger partial charge in [0.15, 0.2) is 11.9 Å². The lowest BCUT2D eigenvalue weighted by molar-refractivity contribution is -0.146. The molecule has 92 valence electrons. The number of aliphatic hydroxyl groups is 1.